The number of esters is 4. The summed E-state index contributed by atoms with van der Waals surface area (Å²) in [5, 5.41) is 10.6. The van der Waals surface area contributed by atoms with Crippen molar-refractivity contribution in [2.24, 2.45) is 69.5 Å². The van der Waals surface area contributed by atoms with Crippen molar-refractivity contribution in [2.75, 3.05) is 0 Å². The van der Waals surface area contributed by atoms with Crippen molar-refractivity contribution >= 4 is 23.9 Å². The highest BCUT2D eigenvalue weighted by Gasteiger charge is 2.64. The Bertz CT molecular complexity index is 1500. The molecule has 11 rings (SSSR count). The van der Waals surface area contributed by atoms with E-state index in [4.69, 9.17) is 18.9 Å². The van der Waals surface area contributed by atoms with Crippen LogP contribution in [0.15, 0.2) is 0 Å². The molecule has 9 heteroatoms. The van der Waals surface area contributed by atoms with Gasteiger partial charge < -0.3 is 24.1 Å². The van der Waals surface area contributed by atoms with E-state index in [1.807, 2.05) is 55.4 Å². The molecule has 10 aliphatic carbocycles. The highest BCUT2D eigenvalue weighted by Crippen LogP contribution is 2.61. The molecule has 316 valence electrons. The zero-order valence-corrected chi connectivity index (χ0v) is 36.4. The molecule has 0 amide bonds. The maximum atomic E-state index is 12.5. The molecule has 1 aliphatic heterocycles. The third-order valence-electron chi connectivity index (χ3n) is 17.3. The van der Waals surface area contributed by atoms with E-state index >= 15 is 0 Å². The Morgan fingerprint density at radius 1 is 0.679 bits per heavy atom. The summed E-state index contributed by atoms with van der Waals surface area (Å²) in [5.74, 6) is 4.61. The first-order chi connectivity index (χ1) is 26.0. The topological polar surface area (TPSA) is 125 Å². The van der Waals surface area contributed by atoms with Gasteiger partial charge in [-0.15, -0.1) is 0 Å². The van der Waals surface area contributed by atoms with E-state index in [2.05, 4.69) is 13.8 Å². The number of hydrogen-bond acceptors (Lipinski definition) is 9. The minimum Gasteiger partial charge on any atom is -0.459 e. The lowest BCUT2D eigenvalue weighted by Crippen LogP contribution is -2.61. The standard InChI is InChI=1S/C17H28O2.C16H26O3.C14H20O4/c1-5-16(2,3)15(18)19-17(4)13-7-11-6-12(9-13)10-14(17)8-11;1-4-14(2,3)13(17)19-16-8-11-5-12(9-16)7-15(18,6-11)10-16;1-4-14(2,3)13(16)18-10-7-5-8-9(6-7)12(15)17-11(8)10/h11-14H,5-10H2,1-4H3;11-12,18H,4-10H2,1-3H3;7-11H,4-6H2,1-3H3. The highest BCUT2D eigenvalue weighted by molar-refractivity contribution is 5.79. The van der Waals surface area contributed by atoms with Crippen LogP contribution in [0.2, 0.25) is 0 Å². The fourth-order valence-electron chi connectivity index (χ4n) is 13.0. The monoisotopic (exact) mass is 783 g/mol. The lowest BCUT2D eigenvalue weighted by atomic mass is 9.50. The summed E-state index contributed by atoms with van der Waals surface area (Å²) < 4.78 is 23.2. The molecule has 56 heavy (non-hydrogen) atoms. The summed E-state index contributed by atoms with van der Waals surface area (Å²) in [5.41, 5.74) is -2.28. The van der Waals surface area contributed by atoms with E-state index in [0.29, 0.717) is 41.9 Å². The van der Waals surface area contributed by atoms with E-state index in [1.54, 1.807) is 0 Å². The van der Waals surface area contributed by atoms with Crippen LogP contribution >= 0.6 is 0 Å². The molecule has 0 radical (unpaired) electrons. The number of hydrogen-bond donors (Lipinski definition) is 1. The summed E-state index contributed by atoms with van der Waals surface area (Å²) >= 11 is 0. The van der Waals surface area contributed by atoms with Crippen molar-refractivity contribution < 1.29 is 43.2 Å². The summed E-state index contributed by atoms with van der Waals surface area (Å²) in [7, 11) is 0. The van der Waals surface area contributed by atoms with E-state index in [0.717, 1.165) is 69.6 Å². The third kappa shape index (κ3) is 7.59. The van der Waals surface area contributed by atoms with Crippen LogP contribution in [0.3, 0.4) is 0 Å². The fourth-order valence-corrected chi connectivity index (χ4v) is 13.0. The van der Waals surface area contributed by atoms with Gasteiger partial charge in [-0.3, -0.25) is 19.2 Å². The van der Waals surface area contributed by atoms with Crippen LogP contribution in [0.5, 0.6) is 0 Å². The summed E-state index contributed by atoms with van der Waals surface area (Å²) in [6.07, 6.45) is 16.1. The van der Waals surface area contributed by atoms with Gasteiger partial charge in [0.1, 0.15) is 23.4 Å². The van der Waals surface area contributed by atoms with Crippen LogP contribution in [0.25, 0.3) is 0 Å². The first-order valence-electron chi connectivity index (χ1n) is 22.7. The van der Waals surface area contributed by atoms with Crippen molar-refractivity contribution in [3.05, 3.63) is 0 Å². The van der Waals surface area contributed by atoms with Gasteiger partial charge in [0.15, 0.2) is 0 Å². The maximum Gasteiger partial charge on any atom is 0.312 e. The molecule has 11 fully saturated rings. The molecule has 7 atom stereocenters. The molecular weight excluding hydrogens is 709 g/mol. The average Bonchev–Trinajstić information content (AvgIpc) is 3.75. The quantitative estimate of drug-likeness (QED) is 0.180. The molecule has 0 spiro atoms. The molecule has 0 aromatic carbocycles. The smallest absolute Gasteiger partial charge is 0.312 e. The molecule has 1 N–H and O–H groups in total. The second-order valence-corrected chi connectivity index (χ2v) is 22.6. The van der Waals surface area contributed by atoms with Crippen molar-refractivity contribution in [1.82, 2.24) is 0 Å². The van der Waals surface area contributed by atoms with Crippen LogP contribution in [-0.2, 0) is 38.1 Å². The third-order valence-corrected chi connectivity index (χ3v) is 17.3. The van der Waals surface area contributed by atoms with E-state index in [1.165, 1.54) is 38.5 Å². The molecule has 10 saturated carbocycles. The Kier molecular flexibility index (Phi) is 10.9. The van der Waals surface area contributed by atoms with Crippen LogP contribution in [0.4, 0.5) is 0 Å². The molecule has 9 nitrogen and oxygen atoms in total. The number of rotatable bonds is 9. The van der Waals surface area contributed by atoms with Crippen molar-refractivity contribution in [2.45, 2.75) is 201 Å². The average molecular weight is 783 g/mol. The summed E-state index contributed by atoms with van der Waals surface area (Å²) in [4.78, 5) is 48.6. The van der Waals surface area contributed by atoms with Gasteiger partial charge in [-0.05, 0) is 180 Å². The Morgan fingerprint density at radius 3 is 1.66 bits per heavy atom. The number of carbonyl (C=O) groups excluding carboxylic acids is 4. The summed E-state index contributed by atoms with van der Waals surface area (Å²) in [6.45, 7) is 20.0. The number of ether oxygens (including phenoxy) is 4. The van der Waals surface area contributed by atoms with Crippen LogP contribution in [-0.4, -0.2) is 58.0 Å². The lowest BCUT2D eigenvalue weighted by molar-refractivity contribution is -0.225. The normalized spacial score (nSPS) is 43.3. The lowest BCUT2D eigenvalue weighted by Gasteiger charge is -2.59. The predicted molar refractivity (Wildman–Crippen MR) is 212 cm³/mol. The van der Waals surface area contributed by atoms with Gasteiger partial charge in [0, 0.05) is 18.3 Å². The maximum absolute atomic E-state index is 12.5. The van der Waals surface area contributed by atoms with Gasteiger partial charge in [-0.25, -0.2) is 0 Å². The SMILES string of the molecule is CCC(C)(C)C(=O)OC1(C)C2CC3CC(C2)CC1C3.CCC(C)(C)C(=O)OC12CC3CC(CC(O)(C3)C1)C2.CCC(C)(C)C(=O)OC1C2CC3C(=O)OC1C3C2. The molecule has 0 aromatic rings. The molecule has 11 aliphatic rings. The Labute approximate surface area is 336 Å². The fraction of sp³-hybridized carbons (Fsp3) is 0.915. The molecular formula is C47H74O9. The largest absolute Gasteiger partial charge is 0.459 e. The van der Waals surface area contributed by atoms with Gasteiger partial charge in [0.2, 0.25) is 0 Å². The molecule has 1 heterocycles. The zero-order valence-electron chi connectivity index (χ0n) is 36.4. The van der Waals surface area contributed by atoms with Crippen LogP contribution in [0.1, 0.15) is 172 Å². The number of fused-ring (bicyclic) bond motifs is 1. The first kappa shape index (κ1) is 42.0. The second kappa shape index (κ2) is 14.5. The van der Waals surface area contributed by atoms with Gasteiger partial charge >= 0.3 is 23.9 Å². The van der Waals surface area contributed by atoms with Gasteiger partial charge in [0.25, 0.3) is 0 Å². The van der Waals surface area contributed by atoms with Gasteiger partial charge in [-0.2, -0.15) is 0 Å². The van der Waals surface area contributed by atoms with Gasteiger partial charge in [0.05, 0.1) is 27.8 Å². The van der Waals surface area contributed by atoms with Crippen LogP contribution in [0, 0.1) is 69.5 Å². The number of carbonyl (C=O) groups is 4. The van der Waals surface area contributed by atoms with Crippen molar-refractivity contribution in [3.8, 4) is 0 Å². The predicted octanol–water partition coefficient (Wildman–Crippen LogP) is 9.15. The first-order valence-corrected chi connectivity index (χ1v) is 22.7. The van der Waals surface area contributed by atoms with Gasteiger partial charge in [-0.1, -0.05) is 20.8 Å². The van der Waals surface area contributed by atoms with Crippen LogP contribution < -0.4 is 0 Å². The molecule has 10 bridgehead atoms. The van der Waals surface area contributed by atoms with Crippen molar-refractivity contribution in [1.29, 1.82) is 0 Å². The number of aliphatic hydroxyl groups is 1. The minimum atomic E-state index is -0.555. The Balaban J connectivity index is 0.000000129. The van der Waals surface area contributed by atoms with E-state index in [9.17, 15) is 24.3 Å². The Hall–Kier alpha value is -2.16. The van der Waals surface area contributed by atoms with Crippen molar-refractivity contribution in [3.63, 3.8) is 0 Å². The molecule has 1 saturated heterocycles. The van der Waals surface area contributed by atoms with E-state index < -0.39 is 16.4 Å². The zero-order chi connectivity index (χ0) is 40.8. The Morgan fingerprint density at radius 2 is 1.16 bits per heavy atom. The molecule has 7 unspecified atom stereocenters. The summed E-state index contributed by atoms with van der Waals surface area (Å²) in [6, 6.07) is 0. The highest BCUT2D eigenvalue weighted by atomic mass is 16.6. The second-order valence-electron chi connectivity index (χ2n) is 22.6. The minimum absolute atomic E-state index is 0.0185. The molecule has 0 aromatic heterocycles. The van der Waals surface area contributed by atoms with E-state index in [-0.39, 0.29) is 58.6 Å².